The van der Waals surface area contributed by atoms with E-state index in [1.54, 1.807) is 12.4 Å². The first-order valence-electron chi connectivity index (χ1n) is 6.43. The minimum Gasteiger partial charge on any atom is -0.480 e. The summed E-state index contributed by atoms with van der Waals surface area (Å²) < 4.78 is 0. The van der Waals surface area contributed by atoms with Crippen LogP contribution in [0, 0.1) is 0 Å². The average Bonchev–Trinajstić information content (AvgIpc) is 2.77. The Morgan fingerprint density at radius 3 is 3.00 bits per heavy atom. The SMILES string of the molecule is O=C(O)C1CCCCCN1C(=O)NCc1cn[nH]c1. The van der Waals surface area contributed by atoms with E-state index in [0.29, 0.717) is 19.5 Å². The number of hydrogen-bond acceptors (Lipinski definition) is 3. The molecule has 0 radical (unpaired) electrons. The number of nitrogens with one attached hydrogen (secondary N) is 2. The molecular weight excluding hydrogens is 248 g/mol. The van der Waals surface area contributed by atoms with Crippen LogP contribution in [0.25, 0.3) is 0 Å². The van der Waals surface area contributed by atoms with Gasteiger partial charge in [0.05, 0.1) is 6.20 Å². The van der Waals surface area contributed by atoms with Crippen molar-refractivity contribution in [2.75, 3.05) is 6.54 Å². The molecule has 1 aromatic rings. The van der Waals surface area contributed by atoms with Gasteiger partial charge in [0.2, 0.25) is 0 Å². The molecule has 104 valence electrons. The van der Waals surface area contributed by atoms with E-state index in [1.165, 1.54) is 4.90 Å². The topological polar surface area (TPSA) is 98.3 Å². The molecule has 0 bridgehead atoms. The molecule has 1 unspecified atom stereocenters. The highest BCUT2D eigenvalue weighted by Gasteiger charge is 2.30. The highest BCUT2D eigenvalue weighted by atomic mass is 16.4. The first-order valence-corrected chi connectivity index (χ1v) is 6.43. The third-order valence-corrected chi connectivity index (χ3v) is 3.30. The van der Waals surface area contributed by atoms with Gasteiger partial charge in [-0.2, -0.15) is 5.10 Å². The maximum absolute atomic E-state index is 12.1. The van der Waals surface area contributed by atoms with Gasteiger partial charge in [-0.05, 0) is 12.8 Å². The molecule has 7 heteroatoms. The van der Waals surface area contributed by atoms with Crippen LogP contribution in [0.3, 0.4) is 0 Å². The number of likely N-dealkylation sites (tertiary alicyclic amines) is 1. The van der Waals surface area contributed by atoms with Gasteiger partial charge in [0, 0.05) is 24.8 Å². The molecule has 1 aromatic heterocycles. The van der Waals surface area contributed by atoms with Crippen LogP contribution in [-0.4, -0.2) is 44.8 Å². The van der Waals surface area contributed by atoms with Crippen molar-refractivity contribution < 1.29 is 14.7 Å². The number of carbonyl (C=O) groups is 2. The van der Waals surface area contributed by atoms with E-state index in [4.69, 9.17) is 0 Å². The highest BCUT2D eigenvalue weighted by molar-refractivity contribution is 5.82. The van der Waals surface area contributed by atoms with Gasteiger partial charge in [-0.25, -0.2) is 9.59 Å². The second-order valence-corrected chi connectivity index (χ2v) is 4.66. The molecule has 1 aliphatic heterocycles. The number of carbonyl (C=O) groups excluding carboxylic acids is 1. The van der Waals surface area contributed by atoms with Crippen molar-refractivity contribution in [3.05, 3.63) is 18.0 Å². The average molecular weight is 266 g/mol. The number of amides is 2. The van der Waals surface area contributed by atoms with Crippen molar-refractivity contribution in [1.29, 1.82) is 0 Å². The summed E-state index contributed by atoms with van der Waals surface area (Å²) in [4.78, 5) is 24.7. The van der Waals surface area contributed by atoms with E-state index in [0.717, 1.165) is 24.8 Å². The molecule has 1 atom stereocenters. The van der Waals surface area contributed by atoms with Gasteiger partial charge in [-0.1, -0.05) is 12.8 Å². The van der Waals surface area contributed by atoms with Crippen molar-refractivity contribution in [3.8, 4) is 0 Å². The molecule has 2 heterocycles. The predicted octanol–water partition coefficient (Wildman–Crippen LogP) is 0.948. The number of carboxylic acid groups (broad SMARTS) is 1. The fourth-order valence-corrected chi connectivity index (χ4v) is 2.26. The Hall–Kier alpha value is -2.05. The minimum absolute atomic E-state index is 0.324. The summed E-state index contributed by atoms with van der Waals surface area (Å²) in [7, 11) is 0. The van der Waals surface area contributed by atoms with Crippen molar-refractivity contribution in [2.24, 2.45) is 0 Å². The number of rotatable bonds is 3. The standard InChI is InChI=1S/C12H18N4O3/c17-11(18)10-4-2-1-3-5-16(10)12(19)13-6-9-7-14-15-8-9/h7-8,10H,1-6H2,(H,13,19)(H,14,15)(H,17,18). The van der Waals surface area contributed by atoms with Gasteiger partial charge in [-0.15, -0.1) is 0 Å². The van der Waals surface area contributed by atoms with Crippen LogP contribution in [0.1, 0.15) is 31.2 Å². The lowest BCUT2D eigenvalue weighted by Gasteiger charge is -2.26. The van der Waals surface area contributed by atoms with Crippen molar-refractivity contribution >= 4 is 12.0 Å². The van der Waals surface area contributed by atoms with Crippen LogP contribution >= 0.6 is 0 Å². The third kappa shape index (κ3) is 3.46. The molecule has 0 saturated carbocycles. The Kier molecular flexibility index (Phi) is 4.38. The third-order valence-electron chi connectivity index (χ3n) is 3.30. The molecule has 2 amide bonds. The number of aliphatic carboxylic acids is 1. The van der Waals surface area contributed by atoms with Crippen LogP contribution in [0.5, 0.6) is 0 Å². The van der Waals surface area contributed by atoms with E-state index in [-0.39, 0.29) is 6.03 Å². The predicted molar refractivity (Wildman–Crippen MR) is 67.4 cm³/mol. The maximum atomic E-state index is 12.1. The maximum Gasteiger partial charge on any atom is 0.326 e. The highest BCUT2D eigenvalue weighted by Crippen LogP contribution is 2.17. The van der Waals surface area contributed by atoms with E-state index < -0.39 is 12.0 Å². The van der Waals surface area contributed by atoms with E-state index in [1.807, 2.05) is 0 Å². The molecule has 1 saturated heterocycles. The van der Waals surface area contributed by atoms with E-state index >= 15 is 0 Å². The Balaban J connectivity index is 1.96. The van der Waals surface area contributed by atoms with Crippen LogP contribution in [-0.2, 0) is 11.3 Å². The molecular formula is C12H18N4O3. The van der Waals surface area contributed by atoms with Gasteiger partial charge in [0.25, 0.3) is 0 Å². The zero-order valence-electron chi connectivity index (χ0n) is 10.6. The van der Waals surface area contributed by atoms with E-state index in [2.05, 4.69) is 15.5 Å². The van der Waals surface area contributed by atoms with Gasteiger partial charge < -0.3 is 15.3 Å². The lowest BCUT2D eigenvalue weighted by atomic mass is 10.1. The number of urea groups is 1. The number of carboxylic acids is 1. The molecule has 0 spiro atoms. The fourth-order valence-electron chi connectivity index (χ4n) is 2.26. The van der Waals surface area contributed by atoms with Crippen LogP contribution < -0.4 is 5.32 Å². The summed E-state index contributed by atoms with van der Waals surface area (Å²) >= 11 is 0. The minimum atomic E-state index is -0.930. The zero-order valence-corrected chi connectivity index (χ0v) is 10.6. The van der Waals surface area contributed by atoms with Gasteiger partial charge in [0.1, 0.15) is 6.04 Å². The van der Waals surface area contributed by atoms with Gasteiger partial charge in [-0.3, -0.25) is 5.10 Å². The molecule has 19 heavy (non-hydrogen) atoms. The molecule has 2 rings (SSSR count). The van der Waals surface area contributed by atoms with Gasteiger partial charge >= 0.3 is 12.0 Å². The second kappa shape index (κ2) is 6.21. The molecule has 0 aromatic carbocycles. The molecule has 3 N–H and O–H groups in total. The van der Waals surface area contributed by atoms with Crippen LogP contribution in [0.15, 0.2) is 12.4 Å². The number of hydrogen-bond donors (Lipinski definition) is 3. The van der Waals surface area contributed by atoms with Crippen molar-refractivity contribution in [2.45, 2.75) is 38.3 Å². The number of aromatic nitrogens is 2. The first-order chi connectivity index (χ1) is 9.18. The second-order valence-electron chi connectivity index (χ2n) is 4.66. The zero-order chi connectivity index (χ0) is 13.7. The Labute approximate surface area is 111 Å². The summed E-state index contributed by atoms with van der Waals surface area (Å²) in [6.07, 6.45) is 6.50. The van der Waals surface area contributed by atoms with Gasteiger partial charge in [0.15, 0.2) is 0 Å². The lowest BCUT2D eigenvalue weighted by Crippen LogP contribution is -2.49. The number of H-pyrrole nitrogens is 1. The molecule has 0 aliphatic carbocycles. The molecule has 1 fully saturated rings. The summed E-state index contributed by atoms with van der Waals surface area (Å²) in [5, 5.41) is 18.4. The molecule has 7 nitrogen and oxygen atoms in total. The first kappa shape index (κ1) is 13.4. The van der Waals surface area contributed by atoms with E-state index in [9.17, 15) is 14.7 Å². The number of aromatic amines is 1. The van der Waals surface area contributed by atoms with Crippen molar-refractivity contribution in [3.63, 3.8) is 0 Å². The summed E-state index contributed by atoms with van der Waals surface area (Å²) in [6, 6.07) is -1.04. The Bertz CT molecular complexity index is 432. The molecule has 1 aliphatic rings. The monoisotopic (exact) mass is 266 g/mol. The Morgan fingerprint density at radius 2 is 2.32 bits per heavy atom. The number of nitrogens with zero attached hydrogens (tertiary/aromatic N) is 2. The fraction of sp³-hybridized carbons (Fsp3) is 0.583. The smallest absolute Gasteiger partial charge is 0.326 e. The Morgan fingerprint density at radius 1 is 1.47 bits per heavy atom. The lowest BCUT2D eigenvalue weighted by molar-refractivity contribution is -0.142. The summed E-state index contributed by atoms with van der Waals surface area (Å²) in [6.45, 7) is 0.840. The van der Waals surface area contributed by atoms with Crippen molar-refractivity contribution in [1.82, 2.24) is 20.4 Å². The van der Waals surface area contributed by atoms with Crippen LogP contribution in [0.2, 0.25) is 0 Å². The van der Waals surface area contributed by atoms with Crippen LogP contribution in [0.4, 0.5) is 4.79 Å². The quantitative estimate of drug-likeness (QED) is 0.758. The summed E-state index contributed by atoms with van der Waals surface area (Å²) in [5.41, 5.74) is 0.857. The normalized spacial score (nSPS) is 19.8. The largest absolute Gasteiger partial charge is 0.480 e. The summed E-state index contributed by atoms with van der Waals surface area (Å²) in [5.74, 6) is -0.930.